The Bertz CT molecular complexity index is 1360. The number of benzene rings is 1. The Hall–Kier alpha value is -3.85. The monoisotopic (exact) mass is 463 g/mol. The van der Waals surface area contributed by atoms with Gasteiger partial charge in [-0.1, -0.05) is 17.7 Å². The number of amides is 1. The van der Waals surface area contributed by atoms with E-state index in [0.29, 0.717) is 30.3 Å². The molecule has 1 N–H and O–H groups in total. The highest BCUT2D eigenvalue weighted by molar-refractivity contribution is 6.30. The van der Waals surface area contributed by atoms with Crippen LogP contribution in [0, 0.1) is 5.82 Å². The number of aryl methyl sites for hydroxylation is 1. The average Bonchev–Trinajstić information content (AvgIpc) is 3.42. The summed E-state index contributed by atoms with van der Waals surface area (Å²) in [5, 5.41) is 7.27. The Labute approximate surface area is 194 Å². The minimum absolute atomic E-state index is 0.00647. The van der Waals surface area contributed by atoms with Crippen molar-refractivity contribution in [3.8, 4) is 11.3 Å². The largest absolute Gasteiger partial charge is 0.309 e. The van der Waals surface area contributed by atoms with E-state index in [0.717, 1.165) is 22.6 Å². The number of hydrogen-bond donors (Lipinski definition) is 1. The topological polar surface area (TPSA) is 88.8 Å². The van der Waals surface area contributed by atoms with Crippen LogP contribution in [0.3, 0.4) is 0 Å². The maximum Gasteiger partial charge on any atom is 0.232 e. The Morgan fingerprint density at radius 3 is 2.85 bits per heavy atom. The van der Waals surface area contributed by atoms with Crippen LogP contribution in [0.25, 0.3) is 11.3 Å². The molecule has 33 heavy (non-hydrogen) atoms. The molecule has 166 valence electrons. The number of carbonyl (C=O) groups excluding carboxylic acids is 1. The highest BCUT2D eigenvalue weighted by atomic mass is 35.5. The summed E-state index contributed by atoms with van der Waals surface area (Å²) in [6.07, 6.45) is 5.89. The van der Waals surface area contributed by atoms with Gasteiger partial charge in [-0.05, 0) is 41.8 Å². The zero-order valence-corrected chi connectivity index (χ0v) is 18.4. The summed E-state index contributed by atoms with van der Waals surface area (Å²) < 4.78 is 15.1. The first-order valence-corrected chi connectivity index (χ1v) is 10.7. The second kappa shape index (κ2) is 8.59. The third kappa shape index (κ3) is 4.27. The van der Waals surface area contributed by atoms with Gasteiger partial charge in [0.1, 0.15) is 17.5 Å². The second-order valence-corrected chi connectivity index (χ2v) is 8.07. The molecule has 5 rings (SSSR count). The van der Waals surface area contributed by atoms with Crippen molar-refractivity contribution in [2.45, 2.75) is 12.8 Å². The molecule has 0 saturated carbocycles. The van der Waals surface area contributed by atoms with Gasteiger partial charge in [0.2, 0.25) is 11.9 Å². The fourth-order valence-electron chi connectivity index (χ4n) is 3.76. The van der Waals surface area contributed by atoms with Crippen LogP contribution in [0.5, 0.6) is 0 Å². The zero-order chi connectivity index (χ0) is 22.9. The van der Waals surface area contributed by atoms with E-state index in [1.807, 2.05) is 25.2 Å². The number of fused-ring (bicyclic) bond motifs is 1. The third-order valence-electron chi connectivity index (χ3n) is 5.46. The van der Waals surface area contributed by atoms with E-state index in [1.165, 1.54) is 12.1 Å². The molecule has 0 aliphatic carbocycles. The van der Waals surface area contributed by atoms with E-state index < -0.39 is 5.82 Å². The molecule has 0 unspecified atom stereocenters. The van der Waals surface area contributed by atoms with Crippen molar-refractivity contribution in [1.82, 2.24) is 24.7 Å². The van der Waals surface area contributed by atoms with Gasteiger partial charge in [-0.15, -0.1) is 0 Å². The van der Waals surface area contributed by atoms with Crippen molar-refractivity contribution in [3.63, 3.8) is 0 Å². The Morgan fingerprint density at radius 1 is 1.18 bits per heavy atom. The number of aromatic nitrogens is 5. The molecule has 4 aromatic rings. The van der Waals surface area contributed by atoms with Crippen LogP contribution in [0.15, 0.2) is 55.0 Å². The number of halogens is 2. The predicted molar refractivity (Wildman–Crippen MR) is 123 cm³/mol. The van der Waals surface area contributed by atoms with Gasteiger partial charge in [0.05, 0.1) is 23.3 Å². The van der Waals surface area contributed by atoms with Crippen LogP contribution in [-0.2, 0) is 24.7 Å². The molecule has 1 aromatic carbocycles. The lowest BCUT2D eigenvalue weighted by Crippen LogP contribution is -2.30. The number of carbonyl (C=O) groups is 1. The number of nitrogens with zero attached hydrogens (tertiary/aromatic N) is 6. The molecule has 0 fully saturated rings. The zero-order valence-electron chi connectivity index (χ0n) is 17.7. The molecule has 1 aliphatic rings. The molecule has 0 atom stereocenters. The van der Waals surface area contributed by atoms with Gasteiger partial charge in [-0.25, -0.2) is 19.3 Å². The normalized spacial score (nSPS) is 12.6. The average molecular weight is 464 g/mol. The van der Waals surface area contributed by atoms with Crippen LogP contribution in [-0.4, -0.2) is 37.2 Å². The SMILES string of the molecule is Cn1nccc1Nc1nccc(-c2cnc3c(c2)CCN3C(=O)Cc2ccc(F)c(Cl)c2)n1. The molecule has 3 aromatic heterocycles. The molecule has 0 radical (unpaired) electrons. The smallest absolute Gasteiger partial charge is 0.232 e. The molecular weight excluding hydrogens is 445 g/mol. The van der Waals surface area contributed by atoms with E-state index >= 15 is 0 Å². The molecular formula is C23H19ClFN7O. The number of nitrogens with one attached hydrogen (secondary N) is 1. The van der Waals surface area contributed by atoms with Crippen LogP contribution in [0.4, 0.5) is 22.0 Å². The lowest BCUT2D eigenvalue weighted by atomic mass is 10.1. The Balaban J connectivity index is 1.34. The van der Waals surface area contributed by atoms with Gasteiger partial charge in [0, 0.05) is 37.6 Å². The van der Waals surface area contributed by atoms with Gasteiger partial charge < -0.3 is 5.32 Å². The van der Waals surface area contributed by atoms with Crippen molar-refractivity contribution in [2.24, 2.45) is 7.05 Å². The van der Waals surface area contributed by atoms with Crippen LogP contribution < -0.4 is 10.2 Å². The summed E-state index contributed by atoms with van der Waals surface area (Å²) in [5.41, 5.74) is 3.18. The number of hydrogen-bond acceptors (Lipinski definition) is 6. The number of anilines is 3. The van der Waals surface area contributed by atoms with Crippen LogP contribution >= 0.6 is 11.6 Å². The first-order valence-electron chi connectivity index (χ1n) is 10.3. The van der Waals surface area contributed by atoms with Gasteiger partial charge >= 0.3 is 0 Å². The fourth-order valence-corrected chi connectivity index (χ4v) is 3.96. The third-order valence-corrected chi connectivity index (χ3v) is 5.75. The minimum atomic E-state index is -0.503. The van der Waals surface area contributed by atoms with E-state index in [2.05, 4.69) is 25.4 Å². The number of pyridine rings is 1. The molecule has 8 nitrogen and oxygen atoms in total. The number of rotatable bonds is 5. The van der Waals surface area contributed by atoms with Crippen LogP contribution in [0.1, 0.15) is 11.1 Å². The molecule has 4 heterocycles. The molecule has 0 bridgehead atoms. The summed E-state index contributed by atoms with van der Waals surface area (Å²) in [7, 11) is 1.83. The van der Waals surface area contributed by atoms with Gasteiger partial charge in [0.25, 0.3) is 0 Å². The summed E-state index contributed by atoms with van der Waals surface area (Å²) in [6.45, 7) is 0.538. The quantitative estimate of drug-likeness (QED) is 0.482. The fraction of sp³-hybridized carbons (Fsp3) is 0.174. The first kappa shape index (κ1) is 21.0. The maximum absolute atomic E-state index is 13.4. The van der Waals surface area contributed by atoms with Crippen molar-refractivity contribution in [3.05, 3.63) is 77.0 Å². The van der Waals surface area contributed by atoms with Crippen molar-refractivity contribution >= 4 is 35.1 Å². The highest BCUT2D eigenvalue weighted by Gasteiger charge is 2.26. The highest BCUT2D eigenvalue weighted by Crippen LogP contribution is 2.30. The molecule has 1 amide bonds. The lowest BCUT2D eigenvalue weighted by Gasteiger charge is -2.16. The van der Waals surface area contributed by atoms with Crippen molar-refractivity contribution in [2.75, 3.05) is 16.8 Å². The Morgan fingerprint density at radius 2 is 2.06 bits per heavy atom. The molecule has 10 heteroatoms. The van der Waals surface area contributed by atoms with E-state index in [4.69, 9.17) is 11.6 Å². The molecule has 0 spiro atoms. The summed E-state index contributed by atoms with van der Waals surface area (Å²) >= 11 is 5.84. The van der Waals surface area contributed by atoms with Crippen LogP contribution in [0.2, 0.25) is 5.02 Å². The van der Waals surface area contributed by atoms with Gasteiger partial charge in [-0.3, -0.25) is 14.4 Å². The minimum Gasteiger partial charge on any atom is -0.309 e. The molecule has 1 aliphatic heterocycles. The van der Waals surface area contributed by atoms with Gasteiger partial charge in [0.15, 0.2) is 0 Å². The summed E-state index contributed by atoms with van der Waals surface area (Å²) in [4.78, 5) is 27.9. The Kier molecular flexibility index (Phi) is 5.47. The van der Waals surface area contributed by atoms with E-state index in [-0.39, 0.29) is 17.4 Å². The predicted octanol–water partition coefficient (Wildman–Crippen LogP) is 3.94. The van der Waals surface area contributed by atoms with E-state index in [9.17, 15) is 9.18 Å². The second-order valence-electron chi connectivity index (χ2n) is 7.66. The first-order chi connectivity index (χ1) is 16.0. The lowest BCUT2D eigenvalue weighted by molar-refractivity contribution is -0.117. The van der Waals surface area contributed by atoms with Crippen molar-refractivity contribution < 1.29 is 9.18 Å². The van der Waals surface area contributed by atoms with E-state index in [1.54, 1.807) is 34.2 Å². The summed E-state index contributed by atoms with van der Waals surface area (Å²) in [6, 6.07) is 9.97. The maximum atomic E-state index is 13.4. The van der Waals surface area contributed by atoms with Crippen molar-refractivity contribution in [1.29, 1.82) is 0 Å². The molecule has 0 saturated heterocycles. The summed E-state index contributed by atoms with van der Waals surface area (Å²) in [5.74, 6) is 1.25. The standard InChI is InChI=1S/C23H19ClFN7O/c1-31-20(5-8-28-31)30-23-26-7-4-19(29-23)16-12-15-6-9-32(22(15)27-13-16)21(33)11-14-2-3-18(25)17(24)10-14/h2-5,7-8,10,12-13H,6,9,11H2,1H3,(H,26,29,30). The van der Waals surface area contributed by atoms with Gasteiger partial charge in [-0.2, -0.15) is 5.10 Å².